The molecule has 0 aliphatic heterocycles. The quantitative estimate of drug-likeness (QED) is 0.654. The molecule has 0 atom stereocenters. The predicted molar refractivity (Wildman–Crippen MR) is 85.0 cm³/mol. The minimum atomic E-state index is 0.0235. The highest BCUT2D eigenvalue weighted by Gasteiger charge is 2.35. The summed E-state index contributed by atoms with van der Waals surface area (Å²) >= 11 is 0. The first-order valence-electron chi connectivity index (χ1n) is 7.19. The van der Waals surface area contributed by atoms with E-state index in [1.807, 2.05) is 30.7 Å². The smallest absolute Gasteiger partial charge is 0.0709 e. The van der Waals surface area contributed by atoms with Crippen LogP contribution in [0.25, 0.3) is 22.4 Å². The molecular weight excluding hydrogens is 256 g/mol. The summed E-state index contributed by atoms with van der Waals surface area (Å²) in [5.74, 6) is 0. The average Bonchev–Trinajstić information content (AvgIpc) is 2.77. The highest BCUT2D eigenvalue weighted by Crippen LogP contribution is 2.48. The number of aromatic nitrogens is 2. The van der Waals surface area contributed by atoms with E-state index < -0.39 is 0 Å². The lowest BCUT2D eigenvalue weighted by Crippen LogP contribution is -2.15. The summed E-state index contributed by atoms with van der Waals surface area (Å²) in [6.07, 6.45) is 5.65. The van der Waals surface area contributed by atoms with E-state index >= 15 is 0 Å². The average molecular weight is 272 g/mol. The number of hydrogen-bond acceptors (Lipinski definition) is 2. The van der Waals surface area contributed by atoms with E-state index in [1.54, 1.807) is 0 Å². The lowest BCUT2D eigenvalue weighted by atomic mass is 9.83. The van der Waals surface area contributed by atoms with Gasteiger partial charge in [-0.3, -0.25) is 9.97 Å². The van der Waals surface area contributed by atoms with E-state index in [-0.39, 0.29) is 5.41 Å². The Labute approximate surface area is 124 Å². The third kappa shape index (κ3) is 1.72. The Balaban J connectivity index is 1.96. The number of fused-ring (bicyclic) bond motifs is 3. The highest BCUT2D eigenvalue weighted by molar-refractivity contribution is 5.82. The monoisotopic (exact) mass is 272 g/mol. The summed E-state index contributed by atoms with van der Waals surface area (Å²) in [4.78, 5) is 8.75. The van der Waals surface area contributed by atoms with Crippen LogP contribution in [0.1, 0.15) is 25.0 Å². The number of hydrogen-bond donors (Lipinski definition) is 0. The van der Waals surface area contributed by atoms with Gasteiger partial charge in [-0.1, -0.05) is 38.1 Å². The fourth-order valence-corrected chi connectivity index (χ4v) is 3.26. The van der Waals surface area contributed by atoms with E-state index in [0.717, 1.165) is 11.3 Å². The van der Waals surface area contributed by atoms with Crippen molar-refractivity contribution in [3.63, 3.8) is 0 Å². The Hall–Kier alpha value is -2.48. The summed E-state index contributed by atoms with van der Waals surface area (Å²) < 4.78 is 0. The molecule has 102 valence electrons. The van der Waals surface area contributed by atoms with E-state index in [1.165, 1.54) is 22.3 Å². The van der Waals surface area contributed by atoms with Gasteiger partial charge in [0.1, 0.15) is 0 Å². The summed E-state index contributed by atoms with van der Waals surface area (Å²) in [5.41, 5.74) is 7.46. The molecule has 1 aliphatic rings. The normalized spacial score (nSPS) is 14.6. The molecule has 1 aromatic carbocycles. The molecule has 2 nitrogen and oxygen atoms in total. The second kappa shape index (κ2) is 4.26. The van der Waals surface area contributed by atoms with Crippen molar-refractivity contribution in [2.24, 2.45) is 0 Å². The van der Waals surface area contributed by atoms with Crippen LogP contribution in [0.4, 0.5) is 0 Å². The Bertz CT molecular complexity index is 820. The first kappa shape index (κ1) is 12.3. The molecular formula is C19H16N2. The van der Waals surface area contributed by atoms with Crippen LogP contribution in [0.5, 0.6) is 0 Å². The van der Waals surface area contributed by atoms with Gasteiger partial charge in [-0.2, -0.15) is 0 Å². The van der Waals surface area contributed by atoms with Gasteiger partial charge >= 0.3 is 0 Å². The van der Waals surface area contributed by atoms with Gasteiger partial charge in [-0.15, -0.1) is 0 Å². The SMILES string of the molecule is CC1(C)c2ccccc2-c2cc(-c3ccncc3)ncc21. The maximum absolute atomic E-state index is 4.67. The van der Waals surface area contributed by atoms with Crippen molar-refractivity contribution in [2.45, 2.75) is 19.3 Å². The molecule has 2 aromatic heterocycles. The van der Waals surface area contributed by atoms with Crippen LogP contribution in [0.3, 0.4) is 0 Å². The van der Waals surface area contributed by atoms with Crippen molar-refractivity contribution >= 4 is 0 Å². The maximum atomic E-state index is 4.67. The number of pyridine rings is 2. The molecule has 4 rings (SSSR count). The van der Waals surface area contributed by atoms with Crippen LogP contribution < -0.4 is 0 Å². The number of rotatable bonds is 1. The fourth-order valence-electron chi connectivity index (χ4n) is 3.26. The zero-order valence-corrected chi connectivity index (χ0v) is 12.2. The second-order valence-electron chi connectivity index (χ2n) is 6.02. The number of nitrogens with zero attached hydrogens (tertiary/aromatic N) is 2. The summed E-state index contributed by atoms with van der Waals surface area (Å²) in [6, 6.07) is 14.9. The van der Waals surface area contributed by atoms with Gasteiger partial charge < -0.3 is 0 Å². The molecule has 21 heavy (non-hydrogen) atoms. The molecule has 2 heteroatoms. The minimum absolute atomic E-state index is 0.0235. The molecule has 3 aromatic rings. The molecule has 0 saturated carbocycles. The highest BCUT2D eigenvalue weighted by atomic mass is 14.7. The minimum Gasteiger partial charge on any atom is -0.265 e. The molecule has 0 radical (unpaired) electrons. The third-order valence-electron chi connectivity index (χ3n) is 4.44. The predicted octanol–water partition coefficient (Wildman–Crippen LogP) is 4.45. The fraction of sp³-hybridized carbons (Fsp3) is 0.158. The van der Waals surface area contributed by atoms with E-state index in [2.05, 4.69) is 54.1 Å². The van der Waals surface area contributed by atoms with Gasteiger partial charge in [-0.05, 0) is 40.5 Å². The van der Waals surface area contributed by atoms with Crippen LogP contribution in [-0.4, -0.2) is 9.97 Å². The van der Waals surface area contributed by atoms with Crippen molar-refractivity contribution in [2.75, 3.05) is 0 Å². The third-order valence-corrected chi connectivity index (χ3v) is 4.44. The zero-order chi connectivity index (χ0) is 14.4. The van der Waals surface area contributed by atoms with E-state index in [9.17, 15) is 0 Å². The van der Waals surface area contributed by atoms with Gasteiger partial charge in [0.15, 0.2) is 0 Å². The molecule has 0 unspecified atom stereocenters. The topological polar surface area (TPSA) is 25.8 Å². The van der Waals surface area contributed by atoms with Crippen molar-refractivity contribution in [1.82, 2.24) is 9.97 Å². The molecule has 2 heterocycles. The van der Waals surface area contributed by atoms with Gasteiger partial charge in [0.25, 0.3) is 0 Å². The molecule has 1 aliphatic carbocycles. The van der Waals surface area contributed by atoms with Crippen LogP contribution in [0.15, 0.2) is 61.1 Å². The van der Waals surface area contributed by atoms with Gasteiger partial charge in [0, 0.05) is 29.6 Å². The van der Waals surface area contributed by atoms with Gasteiger partial charge in [0.05, 0.1) is 5.69 Å². The first-order chi connectivity index (χ1) is 10.2. The second-order valence-corrected chi connectivity index (χ2v) is 6.02. The van der Waals surface area contributed by atoms with E-state index in [4.69, 9.17) is 0 Å². The summed E-state index contributed by atoms with van der Waals surface area (Å²) in [6.45, 7) is 4.54. The van der Waals surface area contributed by atoms with Crippen molar-refractivity contribution in [3.8, 4) is 22.4 Å². The Morgan fingerprint density at radius 3 is 2.43 bits per heavy atom. The van der Waals surface area contributed by atoms with E-state index in [0.29, 0.717) is 0 Å². The summed E-state index contributed by atoms with van der Waals surface area (Å²) in [7, 11) is 0. The van der Waals surface area contributed by atoms with Crippen LogP contribution in [0.2, 0.25) is 0 Å². The lowest BCUT2D eigenvalue weighted by molar-refractivity contribution is 0.657. The Morgan fingerprint density at radius 2 is 1.62 bits per heavy atom. The largest absolute Gasteiger partial charge is 0.265 e. The van der Waals surface area contributed by atoms with Crippen LogP contribution in [0, 0.1) is 0 Å². The molecule has 0 fully saturated rings. The Kier molecular flexibility index (Phi) is 2.49. The zero-order valence-electron chi connectivity index (χ0n) is 12.2. The molecule has 0 saturated heterocycles. The first-order valence-corrected chi connectivity index (χ1v) is 7.19. The number of benzene rings is 1. The molecule has 0 bridgehead atoms. The Morgan fingerprint density at radius 1 is 0.857 bits per heavy atom. The summed E-state index contributed by atoms with van der Waals surface area (Å²) in [5, 5.41) is 0. The van der Waals surface area contributed by atoms with Crippen molar-refractivity contribution in [1.29, 1.82) is 0 Å². The molecule has 0 spiro atoms. The lowest BCUT2D eigenvalue weighted by Gasteiger charge is -2.20. The standard InChI is InChI=1S/C19H16N2/c1-19(2)16-6-4-3-5-14(16)15-11-18(21-12-17(15)19)13-7-9-20-10-8-13/h3-12H,1-2H3. The van der Waals surface area contributed by atoms with Gasteiger partial charge in [0.2, 0.25) is 0 Å². The van der Waals surface area contributed by atoms with Crippen LogP contribution in [-0.2, 0) is 5.41 Å². The van der Waals surface area contributed by atoms with Crippen molar-refractivity contribution < 1.29 is 0 Å². The van der Waals surface area contributed by atoms with Gasteiger partial charge in [-0.25, -0.2) is 0 Å². The maximum Gasteiger partial charge on any atom is 0.0709 e. The molecule has 0 amide bonds. The van der Waals surface area contributed by atoms with Crippen LogP contribution >= 0.6 is 0 Å². The molecule has 0 N–H and O–H groups in total. The van der Waals surface area contributed by atoms with Crippen molar-refractivity contribution in [3.05, 3.63) is 72.2 Å².